The van der Waals surface area contributed by atoms with E-state index < -0.39 is 0 Å². The third kappa shape index (κ3) is 6.98. The van der Waals surface area contributed by atoms with Gasteiger partial charge in [0.05, 0.1) is 11.4 Å². The molecule has 2 N–H and O–H groups in total. The summed E-state index contributed by atoms with van der Waals surface area (Å²) in [4.78, 5) is 2.32. The molecular formula is C53H39N3. The van der Waals surface area contributed by atoms with Gasteiger partial charge in [-0.05, 0) is 87.0 Å². The number of fused-ring (bicyclic) bond motifs is 1. The van der Waals surface area contributed by atoms with Gasteiger partial charge in [-0.25, -0.2) is 0 Å². The fourth-order valence-corrected chi connectivity index (χ4v) is 7.51. The molecule has 0 saturated carbocycles. The Morgan fingerprint density at radius 2 is 0.750 bits per heavy atom. The molecule has 0 saturated heterocycles. The predicted octanol–water partition coefficient (Wildman–Crippen LogP) is 13.4. The lowest BCUT2D eigenvalue weighted by Gasteiger charge is -2.29. The second-order valence-electron chi connectivity index (χ2n) is 13.8. The number of anilines is 3. The first-order chi connectivity index (χ1) is 27.7. The molecule has 1 heterocycles. The number of allylic oxidation sites excluding steroid dienone is 1. The van der Waals surface area contributed by atoms with Crippen LogP contribution in [0.1, 0.15) is 27.8 Å². The summed E-state index contributed by atoms with van der Waals surface area (Å²) in [6.07, 6.45) is 1.95. The molecular weight excluding hydrogens is 679 g/mol. The first kappa shape index (κ1) is 34.3. The highest BCUT2D eigenvalue weighted by molar-refractivity contribution is 6.14. The average molecular weight is 718 g/mol. The van der Waals surface area contributed by atoms with Crippen LogP contribution >= 0.6 is 0 Å². The van der Waals surface area contributed by atoms with E-state index in [0.29, 0.717) is 5.71 Å². The molecule has 56 heavy (non-hydrogen) atoms. The van der Waals surface area contributed by atoms with E-state index in [-0.39, 0.29) is 0 Å². The SMILES string of the molecule is N=C(/C=C1\NC(c2ccccc2)=C(c2ccc(N(c3ccc(-c4ccccc4)cc3)c3ccc(-c4ccccc4)cc3)cc2)c2ccccc21)c1ccccc1. The quantitative estimate of drug-likeness (QED) is 0.146. The topological polar surface area (TPSA) is 39.1 Å². The van der Waals surface area contributed by atoms with E-state index in [1.165, 1.54) is 22.3 Å². The van der Waals surface area contributed by atoms with Crippen molar-refractivity contribution in [2.24, 2.45) is 0 Å². The van der Waals surface area contributed by atoms with Crippen molar-refractivity contribution < 1.29 is 0 Å². The van der Waals surface area contributed by atoms with Gasteiger partial charge in [0.2, 0.25) is 0 Å². The van der Waals surface area contributed by atoms with E-state index in [0.717, 1.165) is 61.8 Å². The number of benzene rings is 8. The van der Waals surface area contributed by atoms with Crippen LogP contribution < -0.4 is 10.2 Å². The molecule has 0 bridgehead atoms. The monoisotopic (exact) mass is 717 g/mol. The maximum atomic E-state index is 8.97. The van der Waals surface area contributed by atoms with E-state index in [2.05, 4.69) is 192 Å². The number of nitrogens with zero attached hydrogens (tertiary/aromatic N) is 1. The summed E-state index contributed by atoms with van der Waals surface area (Å²) in [6.45, 7) is 0. The van der Waals surface area contributed by atoms with Gasteiger partial charge in [-0.3, -0.25) is 0 Å². The Morgan fingerprint density at radius 3 is 1.23 bits per heavy atom. The van der Waals surface area contributed by atoms with E-state index in [1.54, 1.807) is 0 Å². The van der Waals surface area contributed by atoms with Crippen LogP contribution in [0.2, 0.25) is 0 Å². The zero-order chi connectivity index (χ0) is 37.7. The Labute approximate surface area is 328 Å². The lowest BCUT2D eigenvalue weighted by molar-refractivity contribution is 1.20. The van der Waals surface area contributed by atoms with Crippen molar-refractivity contribution in [3.8, 4) is 22.3 Å². The van der Waals surface area contributed by atoms with Gasteiger partial charge in [-0.15, -0.1) is 0 Å². The standard InChI is InChI=1S/C53H39N3/c54-50(42-19-9-3-10-20-42)37-51-48-23-13-14-24-49(48)52(53(55-51)44-21-11-4-12-22-44)43-29-35-47(36-30-43)56(45-31-25-40(26-32-45)38-15-5-1-6-16-38)46-33-27-41(28-34-46)39-17-7-2-8-18-39/h1-37,54-55H/b51-37-,54-50?. The zero-order valence-electron chi connectivity index (χ0n) is 30.8. The van der Waals surface area contributed by atoms with Gasteiger partial charge in [0, 0.05) is 33.9 Å². The zero-order valence-corrected chi connectivity index (χ0v) is 30.8. The van der Waals surface area contributed by atoms with Gasteiger partial charge in [0.25, 0.3) is 0 Å². The van der Waals surface area contributed by atoms with E-state index in [4.69, 9.17) is 5.41 Å². The van der Waals surface area contributed by atoms with Gasteiger partial charge in [-0.1, -0.05) is 182 Å². The number of hydrogen-bond acceptors (Lipinski definition) is 3. The minimum Gasteiger partial charge on any atom is -0.354 e. The van der Waals surface area contributed by atoms with Crippen LogP contribution in [-0.4, -0.2) is 5.71 Å². The Hall–Kier alpha value is -7.49. The van der Waals surface area contributed by atoms with Crippen LogP contribution in [0.25, 0.3) is 39.2 Å². The highest BCUT2D eigenvalue weighted by atomic mass is 15.1. The summed E-state index contributed by atoms with van der Waals surface area (Å²) >= 11 is 0. The molecule has 9 rings (SSSR count). The molecule has 0 aliphatic carbocycles. The fourth-order valence-electron chi connectivity index (χ4n) is 7.51. The molecule has 0 unspecified atom stereocenters. The Balaban J connectivity index is 1.14. The van der Waals surface area contributed by atoms with E-state index in [1.807, 2.05) is 42.5 Å². The molecule has 0 radical (unpaired) electrons. The van der Waals surface area contributed by atoms with Gasteiger partial charge < -0.3 is 15.6 Å². The summed E-state index contributed by atoms with van der Waals surface area (Å²) in [6, 6.07) is 76.4. The molecule has 8 aromatic rings. The third-order valence-corrected chi connectivity index (χ3v) is 10.3. The van der Waals surface area contributed by atoms with Crippen LogP contribution in [-0.2, 0) is 0 Å². The molecule has 1 aliphatic heterocycles. The molecule has 0 spiro atoms. The van der Waals surface area contributed by atoms with Crippen molar-refractivity contribution in [2.75, 3.05) is 4.90 Å². The molecule has 0 fully saturated rings. The van der Waals surface area contributed by atoms with Gasteiger partial charge in [-0.2, -0.15) is 0 Å². The summed E-state index contributed by atoms with van der Waals surface area (Å²) in [5.41, 5.74) is 16.7. The maximum Gasteiger partial charge on any atom is 0.0633 e. The molecule has 0 aromatic heterocycles. The normalized spacial score (nSPS) is 12.8. The summed E-state index contributed by atoms with van der Waals surface area (Å²) in [5.74, 6) is 0. The minimum absolute atomic E-state index is 0.455. The van der Waals surface area contributed by atoms with Crippen molar-refractivity contribution in [3.63, 3.8) is 0 Å². The summed E-state index contributed by atoms with van der Waals surface area (Å²) in [7, 11) is 0. The summed E-state index contributed by atoms with van der Waals surface area (Å²) < 4.78 is 0. The maximum absolute atomic E-state index is 8.97. The third-order valence-electron chi connectivity index (χ3n) is 10.3. The molecule has 0 atom stereocenters. The Bertz CT molecular complexity index is 2580. The molecule has 3 heteroatoms. The Morgan fingerprint density at radius 1 is 0.375 bits per heavy atom. The smallest absolute Gasteiger partial charge is 0.0633 e. The fraction of sp³-hybridized carbons (Fsp3) is 0. The molecule has 8 aromatic carbocycles. The van der Waals surface area contributed by atoms with Crippen LogP contribution in [0, 0.1) is 5.41 Å². The number of nitrogens with one attached hydrogen (secondary N) is 2. The first-order valence-electron chi connectivity index (χ1n) is 18.9. The van der Waals surface area contributed by atoms with Crippen molar-refractivity contribution in [1.82, 2.24) is 5.32 Å². The van der Waals surface area contributed by atoms with Crippen LogP contribution in [0.3, 0.4) is 0 Å². The largest absolute Gasteiger partial charge is 0.354 e. The average Bonchev–Trinajstić information content (AvgIpc) is 3.28. The number of hydrogen-bond donors (Lipinski definition) is 2. The molecule has 0 amide bonds. The van der Waals surface area contributed by atoms with Gasteiger partial charge in [0.1, 0.15) is 0 Å². The first-order valence-corrected chi connectivity index (χ1v) is 18.9. The number of rotatable bonds is 9. The van der Waals surface area contributed by atoms with Crippen molar-refractivity contribution >= 4 is 39.7 Å². The van der Waals surface area contributed by atoms with Crippen LogP contribution in [0.4, 0.5) is 17.1 Å². The van der Waals surface area contributed by atoms with E-state index in [9.17, 15) is 0 Å². The lowest BCUT2D eigenvalue weighted by Crippen LogP contribution is -2.20. The minimum atomic E-state index is 0.455. The summed E-state index contributed by atoms with van der Waals surface area (Å²) in [5, 5.41) is 12.8. The molecule has 1 aliphatic rings. The highest BCUT2D eigenvalue weighted by Crippen LogP contribution is 2.42. The molecule has 3 nitrogen and oxygen atoms in total. The second-order valence-corrected chi connectivity index (χ2v) is 13.8. The highest BCUT2D eigenvalue weighted by Gasteiger charge is 2.25. The lowest BCUT2D eigenvalue weighted by atomic mass is 9.85. The van der Waals surface area contributed by atoms with Gasteiger partial charge >= 0.3 is 0 Å². The van der Waals surface area contributed by atoms with Crippen LogP contribution in [0.5, 0.6) is 0 Å². The second kappa shape index (κ2) is 15.5. The van der Waals surface area contributed by atoms with Crippen molar-refractivity contribution in [2.45, 2.75) is 0 Å². The van der Waals surface area contributed by atoms with E-state index >= 15 is 0 Å². The van der Waals surface area contributed by atoms with Crippen molar-refractivity contribution in [1.29, 1.82) is 5.41 Å². The molecule has 266 valence electrons. The van der Waals surface area contributed by atoms with Crippen LogP contribution in [0.15, 0.2) is 224 Å². The predicted molar refractivity (Wildman–Crippen MR) is 235 cm³/mol. The Kier molecular flexibility index (Phi) is 9.47. The van der Waals surface area contributed by atoms with Crippen molar-refractivity contribution in [3.05, 3.63) is 252 Å². The van der Waals surface area contributed by atoms with Gasteiger partial charge in [0.15, 0.2) is 0 Å².